The van der Waals surface area contributed by atoms with Gasteiger partial charge in [-0.15, -0.1) is 13.2 Å². The Morgan fingerprint density at radius 3 is 2.60 bits per heavy atom. The monoisotopic (exact) mass is 240 g/mol. The number of ether oxygens (including phenoxy) is 1. The number of hydrogen-bond acceptors (Lipinski definition) is 3. The van der Waals surface area contributed by atoms with Crippen molar-refractivity contribution in [2.24, 2.45) is 5.73 Å². The summed E-state index contributed by atoms with van der Waals surface area (Å²) in [5.41, 5.74) is 4.57. The first kappa shape index (κ1) is 11.6. The highest BCUT2D eigenvalue weighted by molar-refractivity contribution is 6.33. The molecule has 0 unspecified atom stereocenters. The van der Waals surface area contributed by atoms with E-state index in [1.54, 1.807) is 0 Å². The lowest BCUT2D eigenvalue weighted by Gasteiger charge is -2.08. The van der Waals surface area contributed by atoms with Crippen LogP contribution >= 0.6 is 11.6 Å². The quantitative estimate of drug-likeness (QED) is 0.856. The maximum absolute atomic E-state index is 11.8. The van der Waals surface area contributed by atoms with E-state index in [0.29, 0.717) is 0 Å². The summed E-state index contributed by atoms with van der Waals surface area (Å²) >= 11 is 5.46. The lowest BCUT2D eigenvalue weighted by molar-refractivity contribution is -0.276. The average Bonchev–Trinajstić information content (AvgIpc) is 2.05. The summed E-state index contributed by atoms with van der Waals surface area (Å²) in [5, 5.41) is -0.142. The van der Waals surface area contributed by atoms with E-state index >= 15 is 0 Å². The number of nitrogens with two attached hydrogens (primary N) is 1. The standard InChI is InChI=1S/C7H4ClF3N2O2/c8-4-2-13-5(15-7(9,10)11)1-3(4)6(12)14/h1-2H,(H2,12,14). The van der Waals surface area contributed by atoms with Gasteiger partial charge in [0.05, 0.1) is 16.8 Å². The Hall–Kier alpha value is -1.50. The Morgan fingerprint density at radius 2 is 2.13 bits per heavy atom. The van der Waals surface area contributed by atoms with Gasteiger partial charge in [0.2, 0.25) is 11.8 Å². The van der Waals surface area contributed by atoms with Gasteiger partial charge in [0.1, 0.15) is 0 Å². The predicted octanol–water partition coefficient (Wildman–Crippen LogP) is 1.73. The van der Waals surface area contributed by atoms with E-state index in [4.69, 9.17) is 17.3 Å². The van der Waals surface area contributed by atoms with E-state index < -0.39 is 18.1 Å². The second kappa shape index (κ2) is 3.93. The van der Waals surface area contributed by atoms with Crippen molar-refractivity contribution in [2.75, 3.05) is 0 Å². The van der Waals surface area contributed by atoms with Crippen molar-refractivity contribution in [1.82, 2.24) is 4.98 Å². The van der Waals surface area contributed by atoms with E-state index in [-0.39, 0.29) is 10.6 Å². The number of pyridine rings is 1. The number of carbonyl (C=O) groups is 1. The maximum Gasteiger partial charge on any atom is 0.574 e. The topological polar surface area (TPSA) is 65.2 Å². The van der Waals surface area contributed by atoms with Gasteiger partial charge in [-0.3, -0.25) is 4.79 Å². The zero-order valence-corrected chi connectivity index (χ0v) is 7.76. The molecule has 0 aliphatic heterocycles. The van der Waals surface area contributed by atoms with Crippen LogP contribution in [0.15, 0.2) is 12.3 Å². The smallest absolute Gasteiger partial charge is 0.388 e. The molecule has 2 N–H and O–H groups in total. The molecule has 0 spiro atoms. The van der Waals surface area contributed by atoms with Crippen LogP contribution in [0, 0.1) is 0 Å². The molecule has 4 nitrogen and oxygen atoms in total. The van der Waals surface area contributed by atoms with Gasteiger partial charge in [-0.2, -0.15) is 0 Å². The molecule has 0 saturated carbocycles. The van der Waals surface area contributed by atoms with E-state index in [2.05, 4.69) is 9.72 Å². The number of amides is 1. The number of alkyl halides is 3. The maximum atomic E-state index is 11.8. The third kappa shape index (κ3) is 3.28. The van der Waals surface area contributed by atoms with Crippen molar-refractivity contribution in [3.63, 3.8) is 0 Å². The van der Waals surface area contributed by atoms with E-state index in [1.165, 1.54) is 0 Å². The third-order valence-corrected chi connectivity index (χ3v) is 1.62. The fourth-order valence-electron chi connectivity index (χ4n) is 0.783. The Balaban J connectivity index is 3.03. The Labute approximate surface area is 86.8 Å². The molecule has 1 aromatic heterocycles. The van der Waals surface area contributed by atoms with Gasteiger partial charge in [-0.1, -0.05) is 11.6 Å². The van der Waals surface area contributed by atoms with Crippen molar-refractivity contribution in [2.45, 2.75) is 6.36 Å². The van der Waals surface area contributed by atoms with Crippen molar-refractivity contribution in [3.05, 3.63) is 22.8 Å². The summed E-state index contributed by atoms with van der Waals surface area (Å²) in [5.74, 6) is -1.75. The number of aromatic nitrogens is 1. The van der Waals surface area contributed by atoms with Crippen molar-refractivity contribution < 1.29 is 22.7 Å². The molecular formula is C7H4ClF3N2O2. The van der Waals surface area contributed by atoms with Gasteiger partial charge in [-0.25, -0.2) is 4.98 Å². The van der Waals surface area contributed by atoms with Gasteiger partial charge >= 0.3 is 6.36 Å². The molecule has 0 saturated heterocycles. The number of halogens is 4. The normalized spacial score (nSPS) is 11.2. The SMILES string of the molecule is NC(=O)c1cc(OC(F)(F)F)ncc1Cl. The number of hydrogen-bond donors (Lipinski definition) is 1. The van der Waals surface area contributed by atoms with Crippen LogP contribution in [-0.2, 0) is 0 Å². The van der Waals surface area contributed by atoms with Crippen LogP contribution in [0.25, 0.3) is 0 Å². The van der Waals surface area contributed by atoms with Crippen LogP contribution in [0.4, 0.5) is 13.2 Å². The molecule has 1 amide bonds. The van der Waals surface area contributed by atoms with Crippen LogP contribution in [0.2, 0.25) is 5.02 Å². The summed E-state index contributed by atoms with van der Waals surface area (Å²) in [6.07, 6.45) is -4.03. The first-order valence-corrected chi connectivity index (χ1v) is 3.88. The Morgan fingerprint density at radius 1 is 1.53 bits per heavy atom. The summed E-state index contributed by atoms with van der Waals surface area (Å²) in [4.78, 5) is 13.9. The molecule has 8 heteroatoms. The van der Waals surface area contributed by atoms with Gasteiger partial charge in [0.15, 0.2) is 0 Å². The van der Waals surface area contributed by atoms with Crippen LogP contribution < -0.4 is 10.5 Å². The van der Waals surface area contributed by atoms with Gasteiger partial charge in [0.25, 0.3) is 0 Å². The fourth-order valence-corrected chi connectivity index (χ4v) is 0.979. The van der Waals surface area contributed by atoms with Gasteiger partial charge in [-0.05, 0) is 0 Å². The number of rotatable bonds is 2. The highest BCUT2D eigenvalue weighted by Crippen LogP contribution is 2.24. The highest BCUT2D eigenvalue weighted by atomic mass is 35.5. The summed E-state index contributed by atoms with van der Waals surface area (Å²) in [7, 11) is 0. The molecular weight excluding hydrogens is 237 g/mol. The molecule has 82 valence electrons. The van der Waals surface area contributed by atoms with Crippen LogP contribution in [-0.4, -0.2) is 17.3 Å². The molecule has 0 aromatic carbocycles. The lowest BCUT2D eigenvalue weighted by atomic mass is 10.2. The summed E-state index contributed by atoms with van der Waals surface area (Å²) in [6, 6.07) is 0.720. The molecule has 0 atom stereocenters. The van der Waals surface area contributed by atoms with E-state index in [1.807, 2.05) is 0 Å². The van der Waals surface area contributed by atoms with Gasteiger partial charge in [0, 0.05) is 6.07 Å². The molecule has 1 rings (SSSR count). The minimum absolute atomic E-state index is 0.142. The van der Waals surface area contributed by atoms with Crippen molar-refractivity contribution in [3.8, 4) is 5.88 Å². The number of nitrogens with zero attached hydrogens (tertiary/aromatic N) is 1. The highest BCUT2D eigenvalue weighted by Gasteiger charge is 2.32. The van der Waals surface area contributed by atoms with Crippen molar-refractivity contribution >= 4 is 17.5 Å². The minimum atomic E-state index is -4.88. The lowest BCUT2D eigenvalue weighted by Crippen LogP contribution is -2.19. The first-order valence-electron chi connectivity index (χ1n) is 3.50. The Kier molecular flexibility index (Phi) is 3.04. The Bertz CT molecular complexity index is 394. The molecule has 15 heavy (non-hydrogen) atoms. The second-order valence-corrected chi connectivity index (χ2v) is 2.82. The number of primary amides is 1. The summed E-state index contributed by atoms with van der Waals surface area (Å²) < 4.78 is 38.8. The van der Waals surface area contributed by atoms with Crippen LogP contribution in [0.1, 0.15) is 10.4 Å². The molecule has 0 aliphatic rings. The minimum Gasteiger partial charge on any atom is -0.388 e. The fraction of sp³-hybridized carbons (Fsp3) is 0.143. The molecule has 1 aromatic rings. The molecule has 0 bridgehead atoms. The van der Waals surface area contributed by atoms with Crippen LogP contribution in [0.5, 0.6) is 5.88 Å². The van der Waals surface area contributed by atoms with Crippen LogP contribution in [0.3, 0.4) is 0 Å². The largest absolute Gasteiger partial charge is 0.574 e. The van der Waals surface area contributed by atoms with E-state index in [9.17, 15) is 18.0 Å². The van der Waals surface area contributed by atoms with E-state index in [0.717, 1.165) is 12.3 Å². The number of carbonyl (C=O) groups excluding carboxylic acids is 1. The zero-order chi connectivity index (χ0) is 11.6. The first-order chi connectivity index (χ1) is 6.79. The van der Waals surface area contributed by atoms with Gasteiger partial charge < -0.3 is 10.5 Å². The third-order valence-electron chi connectivity index (χ3n) is 1.32. The zero-order valence-electron chi connectivity index (χ0n) is 7.01. The predicted molar refractivity (Wildman–Crippen MR) is 44.4 cm³/mol. The molecule has 0 fully saturated rings. The molecule has 1 heterocycles. The average molecular weight is 241 g/mol. The molecule has 0 aliphatic carbocycles. The van der Waals surface area contributed by atoms with Crippen molar-refractivity contribution in [1.29, 1.82) is 0 Å². The second-order valence-electron chi connectivity index (χ2n) is 2.41. The summed E-state index contributed by atoms with van der Waals surface area (Å²) in [6.45, 7) is 0. The molecule has 0 radical (unpaired) electrons.